The van der Waals surface area contributed by atoms with E-state index >= 15 is 0 Å². The van der Waals surface area contributed by atoms with Gasteiger partial charge in [-0.25, -0.2) is 0 Å². The number of fused-ring (bicyclic) bond motifs is 1. The molecule has 0 spiro atoms. The molecule has 1 amide bonds. The van der Waals surface area contributed by atoms with Crippen LogP contribution in [0.5, 0.6) is 0 Å². The van der Waals surface area contributed by atoms with Crippen molar-refractivity contribution in [2.45, 2.75) is 13.8 Å². The first-order valence-electron chi connectivity index (χ1n) is 7.88. The van der Waals surface area contributed by atoms with Gasteiger partial charge in [0.05, 0.1) is 16.3 Å². The van der Waals surface area contributed by atoms with E-state index in [1.165, 1.54) is 11.3 Å². The zero-order valence-corrected chi connectivity index (χ0v) is 15.6. The predicted octanol–water partition coefficient (Wildman–Crippen LogP) is 4.38. The van der Waals surface area contributed by atoms with Crippen LogP contribution in [0.15, 0.2) is 42.5 Å². The van der Waals surface area contributed by atoms with E-state index in [2.05, 4.69) is 20.6 Å². The third-order valence-corrected chi connectivity index (χ3v) is 5.17. The Morgan fingerprint density at radius 2 is 1.96 bits per heavy atom. The summed E-state index contributed by atoms with van der Waals surface area (Å²) in [6.07, 6.45) is 0. The number of amides is 1. The summed E-state index contributed by atoms with van der Waals surface area (Å²) in [4.78, 5) is 13.4. The summed E-state index contributed by atoms with van der Waals surface area (Å²) in [5, 5.41) is 16.7. The number of nitrogens with zero attached hydrogens (tertiary/aromatic N) is 4. The Morgan fingerprint density at radius 1 is 1.15 bits per heavy atom. The molecule has 2 heterocycles. The van der Waals surface area contributed by atoms with Crippen LogP contribution in [0.25, 0.3) is 15.5 Å². The average molecular weight is 384 g/mol. The zero-order chi connectivity index (χ0) is 18.3. The van der Waals surface area contributed by atoms with Gasteiger partial charge in [-0.2, -0.15) is 9.61 Å². The maximum atomic E-state index is 12.7. The van der Waals surface area contributed by atoms with E-state index in [0.717, 1.165) is 22.0 Å². The summed E-state index contributed by atoms with van der Waals surface area (Å²) in [7, 11) is 0. The molecule has 0 aliphatic rings. The number of halogens is 1. The van der Waals surface area contributed by atoms with Crippen molar-refractivity contribution in [1.29, 1.82) is 0 Å². The van der Waals surface area contributed by atoms with Crippen molar-refractivity contribution in [3.05, 3.63) is 64.4 Å². The minimum atomic E-state index is -0.262. The second-order valence-electron chi connectivity index (χ2n) is 5.83. The highest BCUT2D eigenvalue weighted by Crippen LogP contribution is 2.32. The summed E-state index contributed by atoms with van der Waals surface area (Å²) >= 11 is 7.63. The molecule has 8 heteroatoms. The molecular weight excluding hydrogens is 370 g/mol. The molecule has 0 fully saturated rings. The number of hydrogen-bond donors (Lipinski definition) is 1. The van der Waals surface area contributed by atoms with Crippen LogP contribution in [0, 0.1) is 13.8 Å². The van der Waals surface area contributed by atoms with E-state index in [9.17, 15) is 4.79 Å². The Balaban J connectivity index is 1.70. The van der Waals surface area contributed by atoms with Gasteiger partial charge in [0.15, 0.2) is 5.82 Å². The van der Waals surface area contributed by atoms with Crippen LogP contribution in [0.4, 0.5) is 5.69 Å². The molecule has 6 nitrogen and oxygen atoms in total. The van der Waals surface area contributed by atoms with Gasteiger partial charge in [0.25, 0.3) is 5.91 Å². The van der Waals surface area contributed by atoms with Gasteiger partial charge >= 0.3 is 0 Å². The van der Waals surface area contributed by atoms with Crippen LogP contribution in [-0.2, 0) is 0 Å². The van der Waals surface area contributed by atoms with Crippen molar-refractivity contribution < 1.29 is 4.79 Å². The maximum absolute atomic E-state index is 12.7. The van der Waals surface area contributed by atoms with Crippen LogP contribution < -0.4 is 5.32 Å². The van der Waals surface area contributed by atoms with Gasteiger partial charge in [0.2, 0.25) is 4.96 Å². The third-order valence-electron chi connectivity index (χ3n) is 3.92. The maximum Gasteiger partial charge on any atom is 0.257 e. The fourth-order valence-corrected chi connectivity index (χ4v) is 3.84. The van der Waals surface area contributed by atoms with E-state index < -0.39 is 0 Å². The van der Waals surface area contributed by atoms with E-state index in [1.807, 2.05) is 44.2 Å². The summed E-state index contributed by atoms with van der Waals surface area (Å²) in [6.45, 7) is 3.77. The molecule has 4 rings (SSSR count). The van der Waals surface area contributed by atoms with Gasteiger partial charge < -0.3 is 5.32 Å². The van der Waals surface area contributed by atoms with Gasteiger partial charge in [-0.3, -0.25) is 4.79 Å². The highest BCUT2D eigenvalue weighted by molar-refractivity contribution is 7.19. The lowest BCUT2D eigenvalue weighted by Gasteiger charge is -2.10. The van der Waals surface area contributed by atoms with Crippen molar-refractivity contribution in [3.63, 3.8) is 0 Å². The second kappa shape index (κ2) is 6.51. The van der Waals surface area contributed by atoms with Gasteiger partial charge in [-0.05, 0) is 43.7 Å². The standard InChI is InChI=1S/C18H14ClN5OS/c1-10-7-8-12(14(19)9-10)16(25)20-15-6-4-3-5-13(15)17-23-24-11(2)21-22-18(24)26-17/h3-9H,1-2H3,(H,20,25). The van der Waals surface area contributed by atoms with Crippen LogP contribution in [0.3, 0.4) is 0 Å². The molecule has 4 aromatic rings. The first-order chi connectivity index (χ1) is 12.5. The Bertz CT molecular complexity index is 1130. The monoisotopic (exact) mass is 383 g/mol. The molecular formula is C18H14ClN5OS. The average Bonchev–Trinajstić information content (AvgIpc) is 3.17. The fourth-order valence-electron chi connectivity index (χ4n) is 2.60. The van der Waals surface area contributed by atoms with E-state index in [4.69, 9.17) is 11.6 Å². The predicted molar refractivity (Wildman–Crippen MR) is 103 cm³/mol. The highest BCUT2D eigenvalue weighted by Gasteiger charge is 2.16. The molecule has 0 saturated carbocycles. The van der Waals surface area contributed by atoms with E-state index in [-0.39, 0.29) is 5.91 Å². The van der Waals surface area contributed by atoms with Crippen molar-refractivity contribution in [3.8, 4) is 10.6 Å². The van der Waals surface area contributed by atoms with Crippen molar-refractivity contribution in [2.24, 2.45) is 0 Å². The number of rotatable bonds is 3. The van der Waals surface area contributed by atoms with Crippen LogP contribution in [-0.4, -0.2) is 25.7 Å². The molecule has 0 aliphatic carbocycles. The topological polar surface area (TPSA) is 72.2 Å². The lowest BCUT2D eigenvalue weighted by molar-refractivity contribution is 0.102. The number of nitrogens with one attached hydrogen (secondary N) is 1. The summed E-state index contributed by atoms with van der Waals surface area (Å²) in [6, 6.07) is 12.9. The normalized spacial score (nSPS) is 11.0. The van der Waals surface area contributed by atoms with Gasteiger partial charge in [-0.1, -0.05) is 41.1 Å². The molecule has 26 heavy (non-hydrogen) atoms. The minimum absolute atomic E-state index is 0.262. The second-order valence-corrected chi connectivity index (χ2v) is 7.19. The minimum Gasteiger partial charge on any atom is -0.321 e. The zero-order valence-electron chi connectivity index (χ0n) is 14.0. The van der Waals surface area contributed by atoms with Gasteiger partial charge in [0.1, 0.15) is 5.01 Å². The lowest BCUT2D eigenvalue weighted by Crippen LogP contribution is -2.13. The van der Waals surface area contributed by atoms with E-state index in [1.54, 1.807) is 16.6 Å². The molecule has 0 radical (unpaired) electrons. The molecule has 0 bridgehead atoms. The summed E-state index contributed by atoms with van der Waals surface area (Å²) in [5.41, 5.74) is 2.92. The molecule has 0 atom stereocenters. The van der Waals surface area contributed by atoms with Crippen molar-refractivity contribution in [1.82, 2.24) is 19.8 Å². The smallest absolute Gasteiger partial charge is 0.257 e. The number of aryl methyl sites for hydroxylation is 2. The molecule has 0 unspecified atom stereocenters. The number of anilines is 1. The van der Waals surface area contributed by atoms with E-state index in [0.29, 0.717) is 21.2 Å². The highest BCUT2D eigenvalue weighted by atomic mass is 35.5. The summed E-state index contributed by atoms with van der Waals surface area (Å²) < 4.78 is 1.69. The number of para-hydroxylation sites is 1. The molecule has 2 aromatic carbocycles. The number of carbonyl (C=O) groups is 1. The Hall–Kier alpha value is -2.77. The van der Waals surface area contributed by atoms with Crippen molar-refractivity contribution in [2.75, 3.05) is 5.32 Å². The third kappa shape index (κ3) is 2.95. The molecule has 130 valence electrons. The molecule has 2 aromatic heterocycles. The van der Waals surface area contributed by atoms with Crippen molar-refractivity contribution >= 4 is 39.5 Å². The summed E-state index contributed by atoms with van der Waals surface area (Å²) in [5.74, 6) is 0.456. The molecule has 0 aliphatic heterocycles. The van der Waals surface area contributed by atoms with Gasteiger partial charge in [0, 0.05) is 5.56 Å². The first kappa shape index (κ1) is 16.7. The lowest BCUT2D eigenvalue weighted by atomic mass is 10.1. The Kier molecular flexibility index (Phi) is 4.18. The first-order valence-corrected chi connectivity index (χ1v) is 9.08. The fraction of sp³-hybridized carbons (Fsp3) is 0.111. The number of carbonyl (C=O) groups excluding carboxylic acids is 1. The SMILES string of the molecule is Cc1ccc(C(=O)Nc2ccccc2-c2nn3c(C)nnc3s2)c(Cl)c1. The van der Waals surface area contributed by atoms with Crippen LogP contribution >= 0.6 is 22.9 Å². The number of aromatic nitrogens is 4. The Morgan fingerprint density at radius 3 is 2.73 bits per heavy atom. The van der Waals surface area contributed by atoms with Gasteiger partial charge in [-0.15, -0.1) is 10.2 Å². The quantitative estimate of drug-likeness (QED) is 0.570. The molecule has 1 N–H and O–H groups in total. The van der Waals surface area contributed by atoms with Crippen LogP contribution in [0.2, 0.25) is 5.02 Å². The van der Waals surface area contributed by atoms with Crippen LogP contribution in [0.1, 0.15) is 21.7 Å². The molecule has 0 saturated heterocycles. The number of benzene rings is 2. The number of hydrogen-bond acceptors (Lipinski definition) is 5. The Labute approximate surface area is 158 Å². The largest absolute Gasteiger partial charge is 0.321 e.